The fraction of sp³-hybridized carbons (Fsp3) is 0.333. The maximum atomic E-state index is 11.1. The molecule has 1 aliphatic carbocycles. The molecule has 86 valence electrons. The number of hydrogen-bond acceptors (Lipinski definition) is 2. The van der Waals surface area contributed by atoms with E-state index in [-0.39, 0.29) is 5.57 Å². The summed E-state index contributed by atoms with van der Waals surface area (Å²) < 4.78 is 0. The molecule has 0 heterocycles. The van der Waals surface area contributed by atoms with Crippen molar-refractivity contribution in [3.05, 3.63) is 35.5 Å². The van der Waals surface area contributed by atoms with Crippen molar-refractivity contribution in [2.24, 2.45) is 5.92 Å². The quantitative estimate of drug-likeness (QED) is 0.762. The molecule has 0 aromatic rings. The van der Waals surface area contributed by atoms with E-state index in [1.165, 1.54) is 6.08 Å². The number of allylic oxidation sites excluding steroid dienone is 4. The zero-order chi connectivity index (χ0) is 12.1. The Morgan fingerprint density at radius 3 is 2.62 bits per heavy atom. The van der Waals surface area contributed by atoms with Crippen LogP contribution in [0.25, 0.3) is 0 Å². The second-order valence-electron chi connectivity index (χ2n) is 3.55. The molecule has 0 aliphatic heterocycles. The van der Waals surface area contributed by atoms with Crippen LogP contribution in [0.3, 0.4) is 0 Å². The minimum Gasteiger partial charge on any atom is -0.481 e. The van der Waals surface area contributed by atoms with Gasteiger partial charge in [0.25, 0.3) is 0 Å². The van der Waals surface area contributed by atoms with E-state index in [2.05, 4.69) is 0 Å². The van der Waals surface area contributed by atoms with Gasteiger partial charge in [0.2, 0.25) is 0 Å². The van der Waals surface area contributed by atoms with Crippen LogP contribution < -0.4 is 0 Å². The van der Waals surface area contributed by atoms with Gasteiger partial charge in [-0.1, -0.05) is 37.6 Å². The number of carboxylic acid groups (broad SMARTS) is 2. The molecule has 1 rings (SSSR count). The number of rotatable bonds is 4. The molecule has 4 heteroatoms. The second kappa shape index (κ2) is 5.30. The number of unbranched alkanes of at least 4 members (excludes halogenated alkanes) is 1. The lowest BCUT2D eigenvalue weighted by atomic mass is 9.86. The lowest BCUT2D eigenvalue weighted by Gasteiger charge is -2.17. The van der Waals surface area contributed by atoms with E-state index in [9.17, 15) is 9.59 Å². The molecule has 0 amide bonds. The minimum atomic E-state index is -1.18. The summed E-state index contributed by atoms with van der Waals surface area (Å²) in [5.41, 5.74) is 0.464. The average Bonchev–Trinajstić information content (AvgIpc) is 2.25. The van der Waals surface area contributed by atoms with Crippen molar-refractivity contribution in [3.8, 4) is 0 Å². The van der Waals surface area contributed by atoms with Crippen LogP contribution in [0.5, 0.6) is 0 Å². The van der Waals surface area contributed by atoms with Crippen LogP contribution in [-0.2, 0) is 9.59 Å². The Hall–Kier alpha value is -1.84. The Morgan fingerprint density at radius 2 is 2.12 bits per heavy atom. The maximum Gasteiger partial charge on any atom is 0.332 e. The normalized spacial score (nSPS) is 21.9. The second-order valence-corrected chi connectivity index (χ2v) is 3.55. The zero-order valence-corrected chi connectivity index (χ0v) is 9.01. The van der Waals surface area contributed by atoms with Gasteiger partial charge in [-0.05, 0) is 12.0 Å². The molecule has 1 unspecified atom stereocenters. The highest BCUT2D eigenvalue weighted by molar-refractivity contribution is 5.97. The van der Waals surface area contributed by atoms with Crippen molar-refractivity contribution in [2.45, 2.75) is 19.8 Å². The fourth-order valence-corrected chi connectivity index (χ4v) is 1.60. The summed E-state index contributed by atoms with van der Waals surface area (Å²) in [6, 6.07) is 0. The summed E-state index contributed by atoms with van der Waals surface area (Å²) in [5, 5.41) is 18.0. The van der Waals surface area contributed by atoms with E-state index in [4.69, 9.17) is 10.2 Å². The maximum absolute atomic E-state index is 11.1. The number of carboxylic acids is 2. The van der Waals surface area contributed by atoms with Crippen LogP contribution in [0.2, 0.25) is 0 Å². The van der Waals surface area contributed by atoms with Crippen molar-refractivity contribution in [3.63, 3.8) is 0 Å². The predicted molar refractivity (Wildman–Crippen MR) is 59.0 cm³/mol. The first-order valence-corrected chi connectivity index (χ1v) is 5.12. The van der Waals surface area contributed by atoms with Crippen molar-refractivity contribution >= 4 is 11.9 Å². The summed E-state index contributed by atoms with van der Waals surface area (Å²) in [6.07, 6.45) is 7.99. The molecule has 1 atom stereocenters. The van der Waals surface area contributed by atoms with Crippen LogP contribution >= 0.6 is 0 Å². The fourth-order valence-electron chi connectivity index (χ4n) is 1.60. The van der Waals surface area contributed by atoms with Gasteiger partial charge >= 0.3 is 11.9 Å². The lowest BCUT2D eigenvalue weighted by Crippen LogP contribution is -2.24. The molecule has 0 saturated heterocycles. The van der Waals surface area contributed by atoms with E-state index in [0.29, 0.717) is 5.57 Å². The average molecular weight is 222 g/mol. The van der Waals surface area contributed by atoms with E-state index in [1.807, 2.05) is 6.92 Å². The van der Waals surface area contributed by atoms with Gasteiger partial charge < -0.3 is 10.2 Å². The molecular formula is C12H14O4. The number of hydrogen-bond donors (Lipinski definition) is 2. The van der Waals surface area contributed by atoms with Crippen LogP contribution in [-0.4, -0.2) is 22.2 Å². The van der Waals surface area contributed by atoms with E-state index >= 15 is 0 Å². The molecule has 2 N–H and O–H groups in total. The summed E-state index contributed by atoms with van der Waals surface area (Å²) in [4.78, 5) is 22.0. The van der Waals surface area contributed by atoms with E-state index < -0.39 is 17.9 Å². The van der Waals surface area contributed by atoms with Crippen molar-refractivity contribution in [1.82, 2.24) is 0 Å². The van der Waals surface area contributed by atoms with Gasteiger partial charge in [0.15, 0.2) is 0 Å². The first-order chi connectivity index (χ1) is 7.57. The predicted octanol–water partition coefficient (Wildman–Crippen LogP) is 1.99. The molecule has 0 radical (unpaired) electrons. The van der Waals surface area contributed by atoms with Crippen LogP contribution in [0.1, 0.15) is 19.8 Å². The Kier molecular flexibility index (Phi) is 4.05. The van der Waals surface area contributed by atoms with Crippen molar-refractivity contribution in [1.29, 1.82) is 0 Å². The first kappa shape index (κ1) is 12.2. The molecule has 1 aliphatic rings. The Balaban J connectivity index is 3.06. The summed E-state index contributed by atoms with van der Waals surface area (Å²) in [6.45, 7) is 1.98. The van der Waals surface area contributed by atoms with E-state index in [0.717, 1.165) is 12.8 Å². The number of aliphatic carboxylic acids is 2. The largest absolute Gasteiger partial charge is 0.481 e. The highest BCUT2D eigenvalue weighted by Crippen LogP contribution is 2.27. The molecule has 16 heavy (non-hydrogen) atoms. The van der Waals surface area contributed by atoms with E-state index in [1.54, 1.807) is 18.2 Å². The van der Waals surface area contributed by atoms with Crippen LogP contribution in [0.15, 0.2) is 35.5 Å². The van der Waals surface area contributed by atoms with Gasteiger partial charge in [-0.15, -0.1) is 0 Å². The van der Waals surface area contributed by atoms with Gasteiger partial charge in [0, 0.05) is 0 Å². The molecule has 4 nitrogen and oxygen atoms in total. The Labute approximate surface area is 93.6 Å². The van der Waals surface area contributed by atoms with Crippen molar-refractivity contribution in [2.75, 3.05) is 0 Å². The van der Waals surface area contributed by atoms with Gasteiger partial charge in [0.05, 0.1) is 5.57 Å². The summed E-state index contributed by atoms with van der Waals surface area (Å²) in [5.74, 6) is -3.35. The number of carbonyl (C=O) groups is 2. The summed E-state index contributed by atoms with van der Waals surface area (Å²) >= 11 is 0. The third-order valence-electron chi connectivity index (χ3n) is 2.37. The molecular weight excluding hydrogens is 208 g/mol. The Morgan fingerprint density at radius 1 is 1.44 bits per heavy atom. The molecule has 0 fully saturated rings. The smallest absolute Gasteiger partial charge is 0.332 e. The topological polar surface area (TPSA) is 74.6 Å². The molecule has 0 spiro atoms. The zero-order valence-electron chi connectivity index (χ0n) is 9.01. The van der Waals surface area contributed by atoms with Crippen LogP contribution in [0, 0.1) is 5.92 Å². The third-order valence-corrected chi connectivity index (χ3v) is 2.37. The van der Waals surface area contributed by atoms with Gasteiger partial charge in [0.1, 0.15) is 5.92 Å². The minimum absolute atomic E-state index is 0.0858. The molecule has 0 saturated carbocycles. The molecule has 0 aromatic heterocycles. The van der Waals surface area contributed by atoms with Gasteiger partial charge in [-0.25, -0.2) is 4.79 Å². The van der Waals surface area contributed by atoms with Crippen LogP contribution in [0.4, 0.5) is 0 Å². The first-order valence-electron chi connectivity index (χ1n) is 5.12. The standard InChI is InChI=1S/C12H14O4/c1-2-3-5-8-6-4-7-9(11(13)14)10(8)12(15)16/h4-7,10H,2-3H2,1H3,(H,13,14)(H,15,16). The molecule has 0 bridgehead atoms. The third kappa shape index (κ3) is 2.59. The Bertz CT molecular complexity index is 388. The SMILES string of the molecule is CCCC=C1C=CC=C(C(=O)O)C1C(=O)O. The van der Waals surface area contributed by atoms with Crippen molar-refractivity contribution < 1.29 is 19.8 Å². The summed E-state index contributed by atoms with van der Waals surface area (Å²) in [7, 11) is 0. The monoisotopic (exact) mass is 222 g/mol. The lowest BCUT2D eigenvalue weighted by molar-refractivity contribution is -0.142. The highest BCUT2D eigenvalue weighted by Gasteiger charge is 2.30. The highest BCUT2D eigenvalue weighted by atomic mass is 16.4. The molecule has 0 aromatic carbocycles. The van der Waals surface area contributed by atoms with Gasteiger partial charge in [-0.3, -0.25) is 4.79 Å². The van der Waals surface area contributed by atoms with Gasteiger partial charge in [-0.2, -0.15) is 0 Å².